The van der Waals surface area contributed by atoms with E-state index in [-0.39, 0.29) is 0 Å². The molecular formula is C16H32N2. The summed E-state index contributed by atoms with van der Waals surface area (Å²) in [5.41, 5.74) is 1.43. The number of nitrogens with zero attached hydrogens (tertiary/aromatic N) is 1. The molecule has 1 saturated heterocycles. The summed E-state index contributed by atoms with van der Waals surface area (Å²) < 4.78 is 0. The summed E-state index contributed by atoms with van der Waals surface area (Å²) >= 11 is 0. The molecule has 0 aromatic heterocycles. The summed E-state index contributed by atoms with van der Waals surface area (Å²) in [6.45, 7) is 19.3. The number of rotatable bonds is 4. The Kier molecular flexibility index (Phi) is 3.57. The maximum absolute atomic E-state index is 3.76. The molecule has 1 aliphatic carbocycles. The Labute approximate surface area is 114 Å². The minimum atomic E-state index is 0.376. The topological polar surface area (TPSA) is 15.3 Å². The van der Waals surface area contributed by atoms with E-state index in [4.69, 9.17) is 0 Å². The molecule has 0 aromatic carbocycles. The predicted octanol–water partition coefficient (Wildman–Crippen LogP) is 3.13. The van der Waals surface area contributed by atoms with E-state index in [2.05, 4.69) is 51.8 Å². The van der Waals surface area contributed by atoms with Crippen LogP contribution in [0.4, 0.5) is 0 Å². The van der Waals surface area contributed by atoms with Crippen molar-refractivity contribution in [1.82, 2.24) is 10.2 Å². The smallest absolute Gasteiger partial charge is 0.0304 e. The first-order valence-electron chi connectivity index (χ1n) is 7.76. The second-order valence-corrected chi connectivity index (χ2v) is 7.65. The van der Waals surface area contributed by atoms with Gasteiger partial charge >= 0.3 is 0 Å². The van der Waals surface area contributed by atoms with Crippen LogP contribution in [-0.4, -0.2) is 36.6 Å². The van der Waals surface area contributed by atoms with Crippen molar-refractivity contribution in [2.24, 2.45) is 16.7 Å². The zero-order valence-corrected chi connectivity index (χ0v) is 13.3. The maximum atomic E-state index is 3.76. The normalized spacial score (nSPS) is 30.3. The summed E-state index contributed by atoms with van der Waals surface area (Å²) in [4.78, 5) is 2.71. The van der Waals surface area contributed by atoms with E-state index in [1.807, 2.05) is 0 Å². The van der Waals surface area contributed by atoms with Gasteiger partial charge in [-0.2, -0.15) is 0 Å². The van der Waals surface area contributed by atoms with Gasteiger partial charge in [-0.3, -0.25) is 4.90 Å². The van der Waals surface area contributed by atoms with Gasteiger partial charge in [0.15, 0.2) is 0 Å². The van der Waals surface area contributed by atoms with Crippen LogP contribution >= 0.6 is 0 Å². The number of hydrogen-bond acceptors (Lipinski definition) is 2. The molecule has 0 aromatic rings. The van der Waals surface area contributed by atoms with Gasteiger partial charge in [0.1, 0.15) is 0 Å². The molecule has 1 aliphatic heterocycles. The molecule has 0 amide bonds. The van der Waals surface area contributed by atoms with Crippen molar-refractivity contribution in [3.63, 3.8) is 0 Å². The highest BCUT2D eigenvalue weighted by Gasteiger charge is 2.64. The van der Waals surface area contributed by atoms with Crippen molar-refractivity contribution >= 4 is 0 Å². The summed E-state index contributed by atoms with van der Waals surface area (Å²) in [7, 11) is 0. The van der Waals surface area contributed by atoms with E-state index < -0.39 is 0 Å². The highest BCUT2D eigenvalue weighted by atomic mass is 15.2. The molecule has 18 heavy (non-hydrogen) atoms. The number of piperazine rings is 1. The molecule has 106 valence electrons. The zero-order chi connectivity index (χ0) is 13.6. The van der Waals surface area contributed by atoms with E-state index in [1.54, 1.807) is 0 Å². The molecule has 0 radical (unpaired) electrons. The Morgan fingerprint density at radius 2 is 1.61 bits per heavy atom. The third-order valence-electron chi connectivity index (χ3n) is 6.57. The van der Waals surface area contributed by atoms with Crippen LogP contribution in [0.5, 0.6) is 0 Å². The van der Waals surface area contributed by atoms with Crippen molar-refractivity contribution in [3.05, 3.63) is 0 Å². The second kappa shape index (κ2) is 4.49. The van der Waals surface area contributed by atoms with Gasteiger partial charge in [-0.1, -0.05) is 41.5 Å². The minimum absolute atomic E-state index is 0.376. The van der Waals surface area contributed by atoms with E-state index >= 15 is 0 Å². The largest absolute Gasteiger partial charge is 0.309 e. The fourth-order valence-corrected chi connectivity index (χ4v) is 3.97. The SMILES string of the molecule is CCC1(CC)CN(CC2C(C)(C)C2(C)C)CCN1. The molecule has 2 fully saturated rings. The zero-order valence-electron chi connectivity index (χ0n) is 13.3. The van der Waals surface area contributed by atoms with Gasteiger partial charge in [-0.15, -0.1) is 0 Å². The van der Waals surface area contributed by atoms with Crippen LogP contribution in [0.15, 0.2) is 0 Å². The quantitative estimate of drug-likeness (QED) is 0.827. The molecule has 2 rings (SSSR count). The molecular weight excluding hydrogens is 220 g/mol. The van der Waals surface area contributed by atoms with Crippen LogP contribution in [-0.2, 0) is 0 Å². The van der Waals surface area contributed by atoms with E-state index in [0.29, 0.717) is 16.4 Å². The van der Waals surface area contributed by atoms with Crippen LogP contribution in [0.1, 0.15) is 54.4 Å². The maximum Gasteiger partial charge on any atom is 0.0304 e. The summed E-state index contributed by atoms with van der Waals surface area (Å²) in [5, 5.41) is 3.76. The van der Waals surface area contributed by atoms with E-state index in [0.717, 1.165) is 12.5 Å². The lowest BCUT2D eigenvalue weighted by atomic mass is 9.90. The van der Waals surface area contributed by atoms with Crippen molar-refractivity contribution in [2.75, 3.05) is 26.2 Å². The molecule has 0 atom stereocenters. The van der Waals surface area contributed by atoms with Gasteiger partial charge < -0.3 is 5.32 Å². The van der Waals surface area contributed by atoms with Crippen LogP contribution in [0, 0.1) is 16.7 Å². The van der Waals surface area contributed by atoms with Gasteiger partial charge in [0, 0.05) is 31.7 Å². The fourth-order valence-electron chi connectivity index (χ4n) is 3.97. The standard InChI is InChI=1S/C16H32N2/c1-7-16(8-2)12-18(10-9-17-16)11-13-14(3,4)15(13,5)6/h13,17H,7-12H2,1-6H3. The summed E-state index contributed by atoms with van der Waals surface area (Å²) in [5.74, 6) is 0.870. The van der Waals surface area contributed by atoms with Crippen LogP contribution in [0.2, 0.25) is 0 Å². The molecule has 1 saturated carbocycles. The van der Waals surface area contributed by atoms with Gasteiger partial charge in [-0.05, 0) is 29.6 Å². The Morgan fingerprint density at radius 1 is 1.06 bits per heavy atom. The third kappa shape index (κ3) is 2.12. The lowest BCUT2D eigenvalue weighted by Gasteiger charge is -2.43. The van der Waals surface area contributed by atoms with Crippen LogP contribution in [0.3, 0.4) is 0 Å². The molecule has 0 unspecified atom stereocenters. The monoisotopic (exact) mass is 252 g/mol. The second-order valence-electron chi connectivity index (χ2n) is 7.65. The lowest BCUT2D eigenvalue weighted by molar-refractivity contribution is 0.114. The Morgan fingerprint density at radius 3 is 2.06 bits per heavy atom. The van der Waals surface area contributed by atoms with E-state index in [9.17, 15) is 0 Å². The van der Waals surface area contributed by atoms with Gasteiger partial charge in [0.25, 0.3) is 0 Å². The van der Waals surface area contributed by atoms with Crippen molar-refractivity contribution in [3.8, 4) is 0 Å². The molecule has 2 heteroatoms. The summed E-state index contributed by atoms with van der Waals surface area (Å²) in [6.07, 6.45) is 2.49. The molecule has 1 heterocycles. The third-order valence-corrected chi connectivity index (χ3v) is 6.57. The highest BCUT2D eigenvalue weighted by Crippen LogP contribution is 2.68. The number of nitrogens with one attached hydrogen (secondary N) is 1. The van der Waals surface area contributed by atoms with Gasteiger partial charge in [0.05, 0.1) is 0 Å². The lowest BCUT2D eigenvalue weighted by Crippen LogP contribution is -2.60. The van der Waals surface area contributed by atoms with Gasteiger partial charge in [0.2, 0.25) is 0 Å². The van der Waals surface area contributed by atoms with Crippen LogP contribution in [0.25, 0.3) is 0 Å². The van der Waals surface area contributed by atoms with Crippen molar-refractivity contribution in [2.45, 2.75) is 59.9 Å². The Bertz CT molecular complexity index is 288. The average Bonchev–Trinajstić information content (AvgIpc) is 2.72. The fraction of sp³-hybridized carbons (Fsp3) is 1.00. The van der Waals surface area contributed by atoms with Crippen LogP contribution < -0.4 is 5.32 Å². The van der Waals surface area contributed by atoms with E-state index in [1.165, 1.54) is 32.5 Å². The molecule has 0 bridgehead atoms. The Balaban J connectivity index is 1.96. The highest BCUT2D eigenvalue weighted by molar-refractivity contribution is 5.13. The Hall–Kier alpha value is -0.0800. The molecule has 2 nitrogen and oxygen atoms in total. The molecule has 1 N–H and O–H groups in total. The first kappa shape index (κ1) is 14.3. The molecule has 2 aliphatic rings. The predicted molar refractivity (Wildman–Crippen MR) is 78.8 cm³/mol. The number of hydrogen-bond donors (Lipinski definition) is 1. The van der Waals surface area contributed by atoms with Gasteiger partial charge in [-0.25, -0.2) is 0 Å². The first-order chi connectivity index (χ1) is 8.29. The summed E-state index contributed by atoms with van der Waals surface area (Å²) in [6, 6.07) is 0. The minimum Gasteiger partial charge on any atom is -0.309 e. The average molecular weight is 252 g/mol. The van der Waals surface area contributed by atoms with Crippen molar-refractivity contribution in [1.29, 1.82) is 0 Å². The van der Waals surface area contributed by atoms with Crippen molar-refractivity contribution < 1.29 is 0 Å². The molecule has 0 spiro atoms. The first-order valence-corrected chi connectivity index (χ1v) is 7.76.